The largest absolute Gasteiger partial charge is 0.321 e. The van der Waals surface area contributed by atoms with E-state index in [4.69, 9.17) is 11.6 Å². The number of carbonyl (C=O) groups excluding carboxylic acids is 2. The molecule has 0 saturated carbocycles. The number of halogens is 1. The van der Waals surface area contributed by atoms with E-state index in [2.05, 4.69) is 5.32 Å². The standard InChI is InChI=1S/C26H20ClN3O2S/c1-17-7-13-21(14-8-17)30-25(32)23(15-18-9-11-19(27)12-10-18)33-26(30)22(16-28)24(31)29-20-5-3-2-4-6-20/h2-14,23H,15H2,1H3,(H,29,31)/b26-22+/t23-/m1/s1. The van der Waals surface area contributed by atoms with E-state index in [0.717, 1.165) is 11.1 Å². The molecule has 0 unspecified atom stereocenters. The molecule has 5 nitrogen and oxygen atoms in total. The third-order valence-electron chi connectivity index (χ3n) is 5.16. The van der Waals surface area contributed by atoms with Crippen LogP contribution in [0.2, 0.25) is 5.02 Å². The molecule has 164 valence electrons. The second-order valence-electron chi connectivity index (χ2n) is 7.56. The Morgan fingerprint density at radius 3 is 2.36 bits per heavy atom. The van der Waals surface area contributed by atoms with E-state index in [-0.39, 0.29) is 11.5 Å². The van der Waals surface area contributed by atoms with Crippen LogP contribution in [0.1, 0.15) is 11.1 Å². The molecule has 1 aliphatic heterocycles. The van der Waals surface area contributed by atoms with E-state index < -0.39 is 11.2 Å². The molecular formula is C26H20ClN3O2S. The summed E-state index contributed by atoms with van der Waals surface area (Å²) in [6.07, 6.45) is 0.450. The fourth-order valence-electron chi connectivity index (χ4n) is 3.47. The second-order valence-corrected chi connectivity index (χ2v) is 9.19. The first-order valence-corrected chi connectivity index (χ1v) is 11.5. The van der Waals surface area contributed by atoms with Crippen molar-refractivity contribution in [3.05, 3.63) is 106 Å². The Bertz CT molecular complexity index is 1250. The molecule has 0 bridgehead atoms. The summed E-state index contributed by atoms with van der Waals surface area (Å²) >= 11 is 7.23. The summed E-state index contributed by atoms with van der Waals surface area (Å²) in [5, 5.41) is 13.1. The maximum absolute atomic E-state index is 13.5. The zero-order valence-electron chi connectivity index (χ0n) is 17.8. The van der Waals surface area contributed by atoms with Crippen LogP contribution >= 0.6 is 23.4 Å². The molecule has 7 heteroatoms. The molecule has 1 saturated heterocycles. The normalized spacial score (nSPS) is 16.9. The maximum Gasteiger partial charge on any atom is 0.269 e. The van der Waals surface area contributed by atoms with Crippen molar-refractivity contribution in [3.8, 4) is 6.07 Å². The lowest BCUT2D eigenvalue weighted by Gasteiger charge is -2.19. The summed E-state index contributed by atoms with van der Waals surface area (Å²) in [4.78, 5) is 28.0. The van der Waals surface area contributed by atoms with Gasteiger partial charge < -0.3 is 5.32 Å². The van der Waals surface area contributed by atoms with Gasteiger partial charge in [0.25, 0.3) is 5.91 Å². The number of rotatable bonds is 5. The number of nitrogens with zero attached hydrogens (tertiary/aromatic N) is 2. The molecular weight excluding hydrogens is 454 g/mol. The third-order valence-corrected chi connectivity index (χ3v) is 6.68. The van der Waals surface area contributed by atoms with E-state index in [9.17, 15) is 14.9 Å². The number of hydrogen-bond acceptors (Lipinski definition) is 4. The summed E-state index contributed by atoms with van der Waals surface area (Å²) in [5.74, 6) is -0.725. The molecule has 1 N–H and O–H groups in total. The number of carbonyl (C=O) groups is 2. The van der Waals surface area contributed by atoms with Crippen LogP contribution in [0, 0.1) is 18.3 Å². The molecule has 3 aromatic rings. The van der Waals surface area contributed by atoms with Crippen molar-refractivity contribution < 1.29 is 9.59 Å². The van der Waals surface area contributed by atoms with Crippen LogP contribution in [-0.4, -0.2) is 17.1 Å². The summed E-state index contributed by atoms with van der Waals surface area (Å²) in [7, 11) is 0. The molecule has 0 radical (unpaired) electrons. The van der Waals surface area contributed by atoms with Crippen molar-refractivity contribution in [3.63, 3.8) is 0 Å². The van der Waals surface area contributed by atoms with E-state index in [0.29, 0.717) is 27.8 Å². The molecule has 4 rings (SSSR count). The molecule has 1 heterocycles. The SMILES string of the molecule is Cc1ccc(N2C(=O)[C@@H](Cc3ccc(Cl)cc3)S/C2=C(\C#N)C(=O)Nc2ccccc2)cc1. The average molecular weight is 474 g/mol. The average Bonchev–Trinajstić information content (AvgIpc) is 3.12. The zero-order valence-corrected chi connectivity index (χ0v) is 19.4. The Hall–Kier alpha value is -3.53. The van der Waals surface area contributed by atoms with Gasteiger partial charge in [0.15, 0.2) is 0 Å². The molecule has 1 atom stereocenters. The molecule has 0 aromatic heterocycles. The van der Waals surface area contributed by atoms with Crippen molar-refractivity contribution in [2.45, 2.75) is 18.6 Å². The molecule has 0 spiro atoms. The number of anilines is 2. The van der Waals surface area contributed by atoms with E-state index in [1.165, 1.54) is 16.7 Å². The number of nitriles is 1. The molecule has 1 fully saturated rings. The monoisotopic (exact) mass is 473 g/mol. The minimum atomic E-state index is -0.553. The van der Waals surface area contributed by atoms with Gasteiger partial charge in [-0.1, -0.05) is 71.4 Å². The minimum absolute atomic E-state index is 0.101. The number of benzene rings is 3. The highest BCUT2D eigenvalue weighted by Gasteiger charge is 2.40. The first-order valence-electron chi connectivity index (χ1n) is 10.3. The molecule has 3 aromatic carbocycles. The Morgan fingerprint density at radius 2 is 1.73 bits per heavy atom. The minimum Gasteiger partial charge on any atom is -0.321 e. The van der Waals surface area contributed by atoms with Crippen molar-refractivity contribution in [2.24, 2.45) is 0 Å². The van der Waals surface area contributed by atoms with Gasteiger partial charge in [-0.05, 0) is 55.3 Å². The molecule has 0 aliphatic carbocycles. The Kier molecular flexibility index (Phi) is 6.83. The number of amides is 2. The summed E-state index contributed by atoms with van der Waals surface area (Å²) in [5.41, 5.74) is 3.08. The van der Waals surface area contributed by atoms with Gasteiger partial charge in [-0.2, -0.15) is 5.26 Å². The van der Waals surface area contributed by atoms with Gasteiger partial charge in [-0.25, -0.2) is 0 Å². The van der Waals surface area contributed by atoms with E-state index >= 15 is 0 Å². The van der Waals surface area contributed by atoms with Crippen LogP contribution in [0.25, 0.3) is 0 Å². The highest BCUT2D eigenvalue weighted by atomic mass is 35.5. The highest BCUT2D eigenvalue weighted by Crippen LogP contribution is 2.42. The smallest absolute Gasteiger partial charge is 0.269 e. The van der Waals surface area contributed by atoms with Gasteiger partial charge in [0.1, 0.15) is 16.7 Å². The zero-order chi connectivity index (χ0) is 23.4. The first kappa shape index (κ1) is 22.7. The van der Waals surface area contributed by atoms with Gasteiger partial charge in [0.2, 0.25) is 5.91 Å². The molecule has 1 aliphatic rings. The van der Waals surface area contributed by atoms with Crippen molar-refractivity contribution >= 4 is 46.6 Å². The quantitative estimate of drug-likeness (QED) is 0.380. The lowest BCUT2D eigenvalue weighted by atomic mass is 10.1. The predicted octanol–water partition coefficient (Wildman–Crippen LogP) is 5.71. The van der Waals surface area contributed by atoms with Gasteiger partial charge in [-0.15, -0.1) is 0 Å². The summed E-state index contributed by atoms with van der Waals surface area (Å²) in [6.45, 7) is 1.96. The van der Waals surface area contributed by atoms with Crippen LogP contribution in [-0.2, 0) is 16.0 Å². The van der Waals surface area contributed by atoms with Crippen LogP contribution in [0.3, 0.4) is 0 Å². The number of para-hydroxylation sites is 1. The Morgan fingerprint density at radius 1 is 1.06 bits per heavy atom. The lowest BCUT2D eigenvalue weighted by Crippen LogP contribution is -2.30. The van der Waals surface area contributed by atoms with Crippen molar-refractivity contribution in [1.82, 2.24) is 0 Å². The van der Waals surface area contributed by atoms with E-state index in [1.54, 1.807) is 36.4 Å². The van der Waals surface area contributed by atoms with Crippen LogP contribution in [0.4, 0.5) is 11.4 Å². The fraction of sp³-hybridized carbons (Fsp3) is 0.115. The molecule has 33 heavy (non-hydrogen) atoms. The third kappa shape index (κ3) is 5.11. The molecule has 2 amide bonds. The Labute approximate surface area is 201 Å². The first-order chi connectivity index (χ1) is 16.0. The van der Waals surface area contributed by atoms with Crippen LogP contribution in [0.15, 0.2) is 89.5 Å². The number of aryl methyl sites for hydroxylation is 1. The van der Waals surface area contributed by atoms with Crippen molar-refractivity contribution in [1.29, 1.82) is 5.26 Å². The fourth-order valence-corrected chi connectivity index (χ4v) is 4.90. The summed E-state index contributed by atoms with van der Waals surface area (Å²) < 4.78 is 0. The highest BCUT2D eigenvalue weighted by molar-refractivity contribution is 8.05. The van der Waals surface area contributed by atoms with Gasteiger partial charge >= 0.3 is 0 Å². The maximum atomic E-state index is 13.5. The summed E-state index contributed by atoms with van der Waals surface area (Å²) in [6, 6.07) is 25.7. The van der Waals surface area contributed by atoms with E-state index in [1.807, 2.05) is 55.5 Å². The van der Waals surface area contributed by atoms with Gasteiger partial charge in [0.05, 0.1) is 5.25 Å². The second kappa shape index (κ2) is 9.95. The van der Waals surface area contributed by atoms with Crippen LogP contribution < -0.4 is 10.2 Å². The van der Waals surface area contributed by atoms with Crippen molar-refractivity contribution in [2.75, 3.05) is 10.2 Å². The van der Waals surface area contributed by atoms with Gasteiger partial charge in [-0.3, -0.25) is 14.5 Å². The number of thioether (sulfide) groups is 1. The number of hydrogen-bond donors (Lipinski definition) is 1. The lowest BCUT2D eigenvalue weighted by molar-refractivity contribution is -0.117. The van der Waals surface area contributed by atoms with Gasteiger partial charge in [0, 0.05) is 16.4 Å². The van der Waals surface area contributed by atoms with Crippen LogP contribution in [0.5, 0.6) is 0 Å². The topological polar surface area (TPSA) is 73.2 Å². The number of nitrogens with one attached hydrogen (secondary N) is 1. The Balaban J connectivity index is 1.72. The predicted molar refractivity (Wildman–Crippen MR) is 133 cm³/mol.